The molecule has 0 fully saturated rings. The molecule has 0 aliphatic carbocycles. The van der Waals surface area contributed by atoms with E-state index in [0.717, 1.165) is 9.87 Å². The van der Waals surface area contributed by atoms with Gasteiger partial charge in [-0.25, -0.2) is 0 Å². The number of rotatable bonds is 5. The maximum absolute atomic E-state index is 12.5. The highest BCUT2D eigenvalue weighted by Gasteiger charge is 2.31. The third-order valence-electron chi connectivity index (χ3n) is 3.47. The molecule has 7 heteroatoms. The van der Waals surface area contributed by atoms with E-state index in [4.69, 9.17) is 4.74 Å². The number of likely N-dealkylation sites (N-methyl/N-ethyl adjacent to an activating group) is 1. The van der Waals surface area contributed by atoms with Gasteiger partial charge in [-0.3, -0.25) is 4.79 Å². The van der Waals surface area contributed by atoms with E-state index in [9.17, 15) is 13.2 Å². The Labute approximate surface area is 125 Å². The standard InChI is InChI=1S/C14H20N2O4S/c1-3-20-14(17)11-15(2)21(18,19)16-9-8-12-6-4-5-7-13(12)10-16/h4-7H,3,8-11H2,1-2H3. The minimum Gasteiger partial charge on any atom is -0.465 e. The van der Waals surface area contributed by atoms with Crippen molar-refractivity contribution in [3.63, 3.8) is 0 Å². The van der Waals surface area contributed by atoms with E-state index >= 15 is 0 Å². The van der Waals surface area contributed by atoms with Crippen molar-refractivity contribution in [3.8, 4) is 0 Å². The van der Waals surface area contributed by atoms with Crippen LogP contribution in [0, 0.1) is 0 Å². The van der Waals surface area contributed by atoms with Gasteiger partial charge in [0.1, 0.15) is 6.54 Å². The van der Waals surface area contributed by atoms with Crippen molar-refractivity contribution in [1.29, 1.82) is 0 Å². The van der Waals surface area contributed by atoms with Crippen molar-refractivity contribution in [1.82, 2.24) is 8.61 Å². The number of ether oxygens (including phenoxy) is 1. The summed E-state index contributed by atoms with van der Waals surface area (Å²) in [5.41, 5.74) is 2.19. The molecule has 116 valence electrons. The van der Waals surface area contributed by atoms with Crippen molar-refractivity contribution in [2.45, 2.75) is 19.9 Å². The topological polar surface area (TPSA) is 66.9 Å². The minimum atomic E-state index is -3.65. The number of carbonyl (C=O) groups excluding carboxylic acids is 1. The first-order chi connectivity index (χ1) is 9.95. The average Bonchev–Trinajstić information content (AvgIpc) is 2.46. The molecule has 1 aliphatic rings. The van der Waals surface area contributed by atoms with E-state index in [1.54, 1.807) is 6.92 Å². The Kier molecular flexibility index (Phi) is 4.97. The summed E-state index contributed by atoms with van der Waals surface area (Å²) in [5, 5.41) is 0. The van der Waals surface area contributed by atoms with Crippen LogP contribution in [0.4, 0.5) is 0 Å². The van der Waals surface area contributed by atoms with Crippen LogP contribution in [0.1, 0.15) is 18.1 Å². The second-order valence-electron chi connectivity index (χ2n) is 4.92. The number of benzene rings is 1. The number of hydrogen-bond acceptors (Lipinski definition) is 4. The molecule has 0 radical (unpaired) electrons. The highest BCUT2D eigenvalue weighted by Crippen LogP contribution is 2.21. The lowest BCUT2D eigenvalue weighted by atomic mass is 10.0. The van der Waals surface area contributed by atoms with Crippen LogP contribution in [0.3, 0.4) is 0 Å². The van der Waals surface area contributed by atoms with E-state index < -0.39 is 16.2 Å². The fourth-order valence-corrected chi connectivity index (χ4v) is 3.62. The van der Waals surface area contributed by atoms with Gasteiger partial charge in [-0.15, -0.1) is 0 Å². The molecule has 0 aromatic heterocycles. The average molecular weight is 312 g/mol. The van der Waals surface area contributed by atoms with Crippen LogP contribution >= 0.6 is 0 Å². The van der Waals surface area contributed by atoms with Crippen molar-refractivity contribution in [2.75, 3.05) is 26.7 Å². The van der Waals surface area contributed by atoms with E-state index in [1.807, 2.05) is 24.3 Å². The van der Waals surface area contributed by atoms with Crippen LogP contribution in [0.25, 0.3) is 0 Å². The highest BCUT2D eigenvalue weighted by molar-refractivity contribution is 7.86. The molecule has 0 saturated carbocycles. The minimum absolute atomic E-state index is 0.240. The molecule has 0 unspecified atom stereocenters. The Morgan fingerprint density at radius 1 is 1.33 bits per heavy atom. The lowest BCUT2D eigenvalue weighted by Crippen LogP contribution is -2.46. The Hall–Kier alpha value is -1.44. The summed E-state index contributed by atoms with van der Waals surface area (Å²) in [4.78, 5) is 11.4. The summed E-state index contributed by atoms with van der Waals surface area (Å²) < 4.78 is 32.2. The van der Waals surface area contributed by atoms with Gasteiger partial charge in [-0.1, -0.05) is 24.3 Å². The summed E-state index contributed by atoms with van der Waals surface area (Å²) in [6.45, 7) is 2.42. The second-order valence-corrected chi connectivity index (χ2v) is 6.96. The molecular formula is C14H20N2O4S. The zero-order chi connectivity index (χ0) is 15.5. The molecule has 0 atom stereocenters. The van der Waals surface area contributed by atoms with Crippen molar-refractivity contribution in [2.24, 2.45) is 0 Å². The molecule has 0 N–H and O–H groups in total. The summed E-state index contributed by atoms with van der Waals surface area (Å²) in [6.07, 6.45) is 0.683. The van der Waals surface area contributed by atoms with Gasteiger partial charge in [0.25, 0.3) is 10.2 Å². The van der Waals surface area contributed by atoms with Crippen LogP contribution in [0.15, 0.2) is 24.3 Å². The van der Waals surface area contributed by atoms with Gasteiger partial charge >= 0.3 is 5.97 Å². The highest BCUT2D eigenvalue weighted by atomic mass is 32.2. The lowest BCUT2D eigenvalue weighted by molar-refractivity contribution is -0.143. The summed E-state index contributed by atoms with van der Waals surface area (Å²) in [6, 6.07) is 7.80. The Balaban J connectivity index is 2.09. The Morgan fingerprint density at radius 3 is 2.67 bits per heavy atom. The molecule has 0 bridgehead atoms. The van der Waals surface area contributed by atoms with Crippen LogP contribution < -0.4 is 0 Å². The molecule has 2 rings (SSSR count). The maximum Gasteiger partial charge on any atom is 0.321 e. The molecule has 21 heavy (non-hydrogen) atoms. The number of esters is 1. The third kappa shape index (κ3) is 3.61. The molecule has 1 heterocycles. The van der Waals surface area contributed by atoms with E-state index in [-0.39, 0.29) is 13.2 Å². The van der Waals surface area contributed by atoms with E-state index in [0.29, 0.717) is 19.5 Å². The predicted octanol–water partition coefficient (Wildman–Crippen LogP) is 0.784. The van der Waals surface area contributed by atoms with Gasteiger partial charge in [0.2, 0.25) is 0 Å². The quantitative estimate of drug-likeness (QED) is 0.754. The Morgan fingerprint density at radius 2 is 2.00 bits per heavy atom. The van der Waals surface area contributed by atoms with Crippen LogP contribution in [-0.4, -0.2) is 49.7 Å². The van der Waals surface area contributed by atoms with Gasteiger partial charge in [-0.2, -0.15) is 17.0 Å². The summed E-state index contributed by atoms with van der Waals surface area (Å²) >= 11 is 0. The molecule has 1 aromatic rings. The van der Waals surface area contributed by atoms with Crippen LogP contribution in [0.5, 0.6) is 0 Å². The van der Waals surface area contributed by atoms with Crippen LogP contribution in [-0.2, 0) is 32.7 Å². The van der Waals surface area contributed by atoms with Crippen molar-refractivity contribution in [3.05, 3.63) is 35.4 Å². The van der Waals surface area contributed by atoms with Crippen LogP contribution in [0.2, 0.25) is 0 Å². The summed E-state index contributed by atoms with van der Waals surface area (Å²) in [5.74, 6) is -0.541. The molecule has 6 nitrogen and oxygen atoms in total. The molecule has 0 amide bonds. The fraction of sp³-hybridized carbons (Fsp3) is 0.500. The normalized spacial score (nSPS) is 15.8. The van der Waals surface area contributed by atoms with Gasteiger partial charge in [-0.05, 0) is 24.5 Å². The van der Waals surface area contributed by atoms with Gasteiger partial charge in [0.15, 0.2) is 0 Å². The number of carbonyl (C=O) groups is 1. The molecule has 0 spiro atoms. The zero-order valence-corrected chi connectivity index (χ0v) is 13.1. The van der Waals surface area contributed by atoms with Crippen molar-refractivity contribution >= 4 is 16.2 Å². The first-order valence-electron chi connectivity index (χ1n) is 6.89. The van der Waals surface area contributed by atoms with Gasteiger partial charge in [0, 0.05) is 20.1 Å². The molecular weight excluding hydrogens is 292 g/mol. The van der Waals surface area contributed by atoms with Gasteiger partial charge in [0.05, 0.1) is 6.61 Å². The van der Waals surface area contributed by atoms with Crippen molar-refractivity contribution < 1.29 is 17.9 Å². The second kappa shape index (κ2) is 6.55. The number of fused-ring (bicyclic) bond motifs is 1. The van der Waals surface area contributed by atoms with E-state index in [2.05, 4.69) is 0 Å². The zero-order valence-electron chi connectivity index (χ0n) is 12.3. The molecule has 1 aliphatic heterocycles. The monoisotopic (exact) mass is 312 g/mol. The first-order valence-corrected chi connectivity index (χ1v) is 8.28. The molecule has 0 saturated heterocycles. The Bertz CT molecular complexity index is 615. The third-order valence-corrected chi connectivity index (χ3v) is 5.35. The molecule has 1 aromatic carbocycles. The first kappa shape index (κ1) is 15.9. The maximum atomic E-state index is 12.5. The van der Waals surface area contributed by atoms with Gasteiger partial charge < -0.3 is 4.74 Å². The number of nitrogens with zero attached hydrogens (tertiary/aromatic N) is 2. The fourth-order valence-electron chi connectivity index (χ4n) is 2.33. The number of hydrogen-bond donors (Lipinski definition) is 0. The largest absolute Gasteiger partial charge is 0.465 e. The lowest BCUT2D eigenvalue weighted by Gasteiger charge is -2.31. The smallest absolute Gasteiger partial charge is 0.321 e. The van der Waals surface area contributed by atoms with E-state index in [1.165, 1.54) is 16.9 Å². The SMILES string of the molecule is CCOC(=O)CN(C)S(=O)(=O)N1CCc2ccccc2C1. The summed E-state index contributed by atoms with van der Waals surface area (Å²) in [7, 11) is -2.26. The predicted molar refractivity (Wildman–Crippen MR) is 78.7 cm³/mol.